The molecule has 0 radical (unpaired) electrons. The van der Waals surface area contributed by atoms with Crippen LogP contribution in [-0.4, -0.2) is 26.7 Å². The fourth-order valence-electron chi connectivity index (χ4n) is 1.54. The molecule has 8 heteroatoms. The van der Waals surface area contributed by atoms with E-state index in [0.717, 1.165) is 0 Å². The van der Waals surface area contributed by atoms with Crippen LogP contribution in [0.15, 0.2) is 17.0 Å². The molecule has 0 saturated carbocycles. The number of benzene rings is 1. The number of nitrogens with one attached hydrogen (secondary N) is 1. The molecular formula is C12H16F3NO3S. The molecule has 1 atom stereocenters. The molecule has 0 heterocycles. The van der Waals surface area contributed by atoms with E-state index >= 15 is 0 Å². The third kappa shape index (κ3) is 4.19. The lowest BCUT2D eigenvalue weighted by Gasteiger charge is -2.10. The van der Waals surface area contributed by atoms with Crippen LogP contribution in [0.1, 0.15) is 19.8 Å². The van der Waals surface area contributed by atoms with Crippen LogP contribution < -0.4 is 4.72 Å². The highest BCUT2D eigenvalue weighted by Gasteiger charge is 2.23. The summed E-state index contributed by atoms with van der Waals surface area (Å²) in [6.07, 6.45) is 1.02. The number of aliphatic hydroxyl groups is 1. The molecule has 0 spiro atoms. The molecule has 114 valence electrons. The number of sulfonamides is 1. The maximum Gasteiger partial charge on any atom is 0.243 e. The normalized spacial score (nSPS) is 13.4. The molecule has 1 aromatic carbocycles. The van der Waals surface area contributed by atoms with Gasteiger partial charge in [-0.15, -0.1) is 0 Å². The van der Waals surface area contributed by atoms with Gasteiger partial charge in [-0.3, -0.25) is 0 Å². The van der Waals surface area contributed by atoms with Crippen molar-refractivity contribution >= 4 is 10.0 Å². The van der Waals surface area contributed by atoms with Gasteiger partial charge < -0.3 is 5.11 Å². The first-order valence-corrected chi connectivity index (χ1v) is 7.52. The smallest absolute Gasteiger partial charge is 0.243 e. The number of rotatable bonds is 7. The molecule has 1 unspecified atom stereocenters. The maximum atomic E-state index is 13.4. The van der Waals surface area contributed by atoms with Gasteiger partial charge in [0.25, 0.3) is 0 Å². The van der Waals surface area contributed by atoms with Gasteiger partial charge in [-0.25, -0.2) is 26.3 Å². The number of hydrogen-bond acceptors (Lipinski definition) is 3. The molecule has 4 nitrogen and oxygen atoms in total. The monoisotopic (exact) mass is 311 g/mol. The second-order valence-electron chi connectivity index (χ2n) is 4.50. The summed E-state index contributed by atoms with van der Waals surface area (Å²) >= 11 is 0. The van der Waals surface area contributed by atoms with Crippen molar-refractivity contribution in [3.8, 4) is 0 Å². The van der Waals surface area contributed by atoms with Crippen LogP contribution in [0.3, 0.4) is 0 Å². The maximum absolute atomic E-state index is 13.4. The van der Waals surface area contributed by atoms with Crippen LogP contribution in [0.2, 0.25) is 0 Å². The minimum Gasteiger partial charge on any atom is -0.396 e. The standard InChI is InChI=1S/C12H16F3NO3S/c1-8(7-17)3-2-6-16-20(18,19)10-5-4-9(13)11(14)12(10)15/h4-5,8,16-17H,2-3,6-7H2,1H3. The van der Waals surface area contributed by atoms with E-state index in [1.54, 1.807) is 6.92 Å². The Balaban J connectivity index is 2.73. The first-order chi connectivity index (χ1) is 9.29. The molecule has 0 aliphatic carbocycles. The molecule has 0 amide bonds. The van der Waals surface area contributed by atoms with Crippen LogP contribution >= 0.6 is 0 Å². The predicted molar refractivity (Wildman–Crippen MR) is 67.0 cm³/mol. The zero-order chi connectivity index (χ0) is 15.3. The first-order valence-electron chi connectivity index (χ1n) is 6.03. The molecule has 0 aliphatic rings. The van der Waals surface area contributed by atoms with E-state index in [2.05, 4.69) is 4.72 Å². The lowest BCUT2D eigenvalue weighted by atomic mass is 10.1. The fraction of sp³-hybridized carbons (Fsp3) is 0.500. The van der Waals surface area contributed by atoms with Crippen LogP contribution in [0.5, 0.6) is 0 Å². The van der Waals surface area contributed by atoms with Gasteiger partial charge in [0, 0.05) is 13.2 Å². The number of hydrogen-bond donors (Lipinski definition) is 2. The molecule has 0 bridgehead atoms. The number of aliphatic hydroxyl groups excluding tert-OH is 1. The van der Waals surface area contributed by atoms with Crippen molar-refractivity contribution in [1.29, 1.82) is 0 Å². The Bertz CT molecular complexity index is 563. The van der Waals surface area contributed by atoms with Gasteiger partial charge in [-0.1, -0.05) is 6.92 Å². The largest absolute Gasteiger partial charge is 0.396 e. The molecule has 0 aliphatic heterocycles. The van der Waals surface area contributed by atoms with Gasteiger partial charge >= 0.3 is 0 Å². The Morgan fingerprint density at radius 1 is 1.25 bits per heavy atom. The van der Waals surface area contributed by atoms with Crippen molar-refractivity contribution in [3.05, 3.63) is 29.6 Å². The predicted octanol–water partition coefficient (Wildman–Crippen LogP) is 1.79. The minimum absolute atomic E-state index is 0.00937. The average molecular weight is 311 g/mol. The van der Waals surface area contributed by atoms with Crippen molar-refractivity contribution in [2.45, 2.75) is 24.7 Å². The second kappa shape index (κ2) is 7.05. The Hall–Kier alpha value is -1.12. The molecule has 1 rings (SSSR count). The lowest BCUT2D eigenvalue weighted by Crippen LogP contribution is -2.26. The van der Waals surface area contributed by atoms with E-state index in [9.17, 15) is 21.6 Å². The Kier molecular flexibility index (Phi) is 5.97. The Morgan fingerprint density at radius 2 is 1.90 bits per heavy atom. The summed E-state index contributed by atoms with van der Waals surface area (Å²) in [6, 6.07) is 1.23. The minimum atomic E-state index is -4.23. The molecule has 0 saturated heterocycles. The van der Waals surface area contributed by atoms with E-state index in [1.807, 2.05) is 0 Å². The van der Waals surface area contributed by atoms with E-state index in [1.165, 1.54) is 0 Å². The van der Waals surface area contributed by atoms with E-state index in [0.29, 0.717) is 25.0 Å². The van der Waals surface area contributed by atoms with Gasteiger partial charge in [0.05, 0.1) is 0 Å². The molecule has 0 aromatic heterocycles. The van der Waals surface area contributed by atoms with Gasteiger partial charge in [0.1, 0.15) is 4.90 Å². The molecule has 2 N–H and O–H groups in total. The summed E-state index contributed by atoms with van der Waals surface area (Å²) < 4.78 is 64.7. The topological polar surface area (TPSA) is 66.4 Å². The molecule has 1 aromatic rings. The van der Waals surface area contributed by atoms with E-state index in [-0.39, 0.29) is 19.1 Å². The summed E-state index contributed by atoms with van der Waals surface area (Å²) in [5, 5.41) is 8.80. The van der Waals surface area contributed by atoms with Crippen molar-refractivity contribution < 1.29 is 26.7 Å². The fourth-order valence-corrected chi connectivity index (χ4v) is 2.68. The average Bonchev–Trinajstić information content (AvgIpc) is 2.40. The molecule has 0 fully saturated rings. The molecular weight excluding hydrogens is 295 g/mol. The summed E-state index contributed by atoms with van der Waals surface area (Å²) in [4.78, 5) is -0.924. The lowest BCUT2D eigenvalue weighted by molar-refractivity contribution is 0.228. The van der Waals surface area contributed by atoms with Crippen LogP contribution in [0, 0.1) is 23.4 Å². The summed E-state index contributed by atoms with van der Waals surface area (Å²) in [7, 11) is -4.23. The van der Waals surface area contributed by atoms with Crippen molar-refractivity contribution in [1.82, 2.24) is 4.72 Å². The zero-order valence-corrected chi connectivity index (χ0v) is 11.7. The third-order valence-corrected chi connectivity index (χ3v) is 4.25. The number of halogens is 3. The Labute approximate surface area is 115 Å². The van der Waals surface area contributed by atoms with E-state index < -0.39 is 32.4 Å². The van der Waals surface area contributed by atoms with Gasteiger partial charge in [0.2, 0.25) is 10.0 Å². The quantitative estimate of drug-likeness (QED) is 0.596. The van der Waals surface area contributed by atoms with Gasteiger partial charge in [-0.05, 0) is 30.9 Å². The van der Waals surface area contributed by atoms with E-state index in [4.69, 9.17) is 5.11 Å². The SMILES string of the molecule is CC(CO)CCCNS(=O)(=O)c1ccc(F)c(F)c1F. The third-order valence-electron chi connectivity index (χ3n) is 2.77. The van der Waals surface area contributed by atoms with Crippen molar-refractivity contribution in [2.75, 3.05) is 13.2 Å². The highest BCUT2D eigenvalue weighted by Crippen LogP contribution is 2.19. The highest BCUT2D eigenvalue weighted by molar-refractivity contribution is 7.89. The summed E-state index contributed by atoms with van der Waals surface area (Å²) in [5.74, 6) is -4.97. The van der Waals surface area contributed by atoms with Gasteiger partial charge in [-0.2, -0.15) is 0 Å². The van der Waals surface area contributed by atoms with Crippen LogP contribution in [0.4, 0.5) is 13.2 Å². The second-order valence-corrected chi connectivity index (χ2v) is 6.24. The van der Waals surface area contributed by atoms with Crippen molar-refractivity contribution in [3.63, 3.8) is 0 Å². The van der Waals surface area contributed by atoms with Crippen LogP contribution in [0.25, 0.3) is 0 Å². The first kappa shape index (κ1) is 16.9. The zero-order valence-electron chi connectivity index (χ0n) is 10.9. The van der Waals surface area contributed by atoms with Gasteiger partial charge in [0.15, 0.2) is 17.5 Å². The van der Waals surface area contributed by atoms with Crippen molar-refractivity contribution in [2.24, 2.45) is 5.92 Å². The van der Waals surface area contributed by atoms with Crippen LogP contribution in [-0.2, 0) is 10.0 Å². The highest BCUT2D eigenvalue weighted by atomic mass is 32.2. The summed E-state index contributed by atoms with van der Waals surface area (Å²) in [6.45, 7) is 1.80. The summed E-state index contributed by atoms with van der Waals surface area (Å²) in [5.41, 5.74) is 0. The Morgan fingerprint density at radius 3 is 2.50 bits per heavy atom. The molecule has 20 heavy (non-hydrogen) atoms.